The van der Waals surface area contributed by atoms with Crippen LogP contribution in [0.3, 0.4) is 0 Å². The van der Waals surface area contributed by atoms with Crippen molar-refractivity contribution in [3.8, 4) is 0 Å². The standard InChI is InChI=1S/C30H48O3Si2/c1-8-34(9-2,10-3)33-27(19-17-18-24-31)25-26(4)32-35(30(5,6)7,28-20-13-11-14-21-28)29-22-15-12-16-23-29/h11-18,20-23,26-27,31H,8-10,19,24-25H2,1-7H3/b18-17+/t26-,27-/m1/s1. The molecule has 0 amide bonds. The predicted octanol–water partition coefficient (Wildman–Crippen LogP) is 6.67. The molecule has 0 saturated carbocycles. The van der Waals surface area contributed by atoms with Crippen LogP contribution >= 0.6 is 0 Å². The van der Waals surface area contributed by atoms with Crippen LogP contribution in [0.4, 0.5) is 0 Å². The van der Waals surface area contributed by atoms with Crippen molar-refractivity contribution < 1.29 is 14.0 Å². The molecule has 0 aliphatic carbocycles. The zero-order valence-corrected chi connectivity index (χ0v) is 25.1. The minimum atomic E-state index is -2.60. The zero-order chi connectivity index (χ0) is 26.0. The second-order valence-corrected chi connectivity index (χ2v) is 19.7. The van der Waals surface area contributed by atoms with Gasteiger partial charge >= 0.3 is 0 Å². The van der Waals surface area contributed by atoms with E-state index in [9.17, 15) is 5.11 Å². The summed E-state index contributed by atoms with van der Waals surface area (Å²) in [7, 11) is -4.37. The molecule has 2 rings (SSSR count). The van der Waals surface area contributed by atoms with Crippen molar-refractivity contribution in [2.75, 3.05) is 6.61 Å². The predicted molar refractivity (Wildman–Crippen MR) is 156 cm³/mol. The number of aliphatic hydroxyl groups is 1. The molecule has 0 radical (unpaired) electrons. The van der Waals surface area contributed by atoms with Crippen LogP contribution in [0.1, 0.15) is 61.3 Å². The number of benzene rings is 2. The first-order valence-corrected chi connectivity index (χ1v) is 17.8. The van der Waals surface area contributed by atoms with Gasteiger partial charge in [0.25, 0.3) is 8.32 Å². The average molecular weight is 513 g/mol. The van der Waals surface area contributed by atoms with Crippen LogP contribution in [0.2, 0.25) is 23.2 Å². The molecule has 194 valence electrons. The Labute approximate surface area is 216 Å². The molecule has 0 aliphatic rings. The van der Waals surface area contributed by atoms with Gasteiger partial charge in [-0.25, -0.2) is 0 Å². The van der Waals surface area contributed by atoms with Crippen LogP contribution in [0.5, 0.6) is 0 Å². The Morgan fingerprint density at radius 1 is 0.800 bits per heavy atom. The van der Waals surface area contributed by atoms with Crippen LogP contribution in [0.15, 0.2) is 72.8 Å². The summed E-state index contributed by atoms with van der Waals surface area (Å²) in [6.07, 6.45) is 5.68. The number of rotatable bonds is 14. The first-order valence-electron chi connectivity index (χ1n) is 13.4. The molecule has 2 aromatic carbocycles. The molecule has 0 aliphatic heterocycles. The third-order valence-corrected chi connectivity index (χ3v) is 17.3. The molecule has 2 aromatic rings. The first-order chi connectivity index (χ1) is 16.7. The van der Waals surface area contributed by atoms with Crippen LogP contribution in [0, 0.1) is 0 Å². The molecular formula is C30H48O3Si2. The summed E-state index contributed by atoms with van der Waals surface area (Å²) in [5.74, 6) is 0. The maximum Gasteiger partial charge on any atom is 0.261 e. The largest absolute Gasteiger partial charge is 0.414 e. The average Bonchev–Trinajstić information content (AvgIpc) is 2.86. The Morgan fingerprint density at radius 3 is 1.69 bits per heavy atom. The number of hydrogen-bond acceptors (Lipinski definition) is 3. The highest BCUT2D eigenvalue weighted by molar-refractivity contribution is 6.99. The monoisotopic (exact) mass is 512 g/mol. The van der Waals surface area contributed by atoms with Crippen molar-refractivity contribution in [2.24, 2.45) is 0 Å². The van der Waals surface area contributed by atoms with Crippen LogP contribution in [-0.2, 0) is 8.85 Å². The van der Waals surface area contributed by atoms with Gasteiger partial charge in [0, 0.05) is 6.10 Å². The van der Waals surface area contributed by atoms with Crippen molar-refractivity contribution in [3.05, 3.63) is 72.8 Å². The van der Waals surface area contributed by atoms with Crippen LogP contribution in [0.25, 0.3) is 0 Å². The Bertz CT molecular complexity index is 826. The van der Waals surface area contributed by atoms with Gasteiger partial charge in [-0.3, -0.25) is 0 Å². The molecule has 0 unspecified atom stereocenters. The Balaban J connectivity index is 2.45. The van der Waals surface area contributed by atoms with Crippen LogP contribution in [-0.4, -0.2) is 40.6 Å². The van der Waals surface area contributed by atoms with E-state index >= 15 is 0 Å². The van der Waals surface area contributed by atoms with E-state index in [0.29, 0.717) is 0 Å². The summed E-state index contributed by atoms with van der Waals surface area (Å²) in [5, 5.41) is 11.9. The Morgan fingerprint density at radius 2 is 1.29 bits per heavy atom. The highest BCUT2D eigenvalue weighted by Gasteiger charge is 2.51. The van der Waals surface area contributed by atoms with Crippen molar-refractivity contribution in [3.63, 3.8) is 0 Å². The molecule has 1 N–H and O–H groups in total. The lowest BCUT2D eigenvalue weighted by Crippen LogP contribution is -2.67. The van der Waals surface area contributed by atoms with Gasteiger partial charge in [0.2, 0.25) is 0 Å². The second kappa shape index (κ2) is 13.7. The van der Waals surface area contributed by atoms with Gasteiger partial charge in [-0.2, -0.15) is 0 Å². The topological polar surface area (TPSA) is 38.7 Å². The fourth-order valence-electron chi connectivity index (χ4n) is 5.28. The van der Waals surface area contributed by atoms with E-state index in [4.69, 9.17) is 8.85 Å². The third kappa shape index (κ3) is 7.49. The summed E-state index contributed by atoms with van der Waals surface area (Å²) in [6, 6.07) is 25.1. The summed E-state index contributed by atoms with van der Waals surface area (Å²) >= 11 is 0. The van der Waals surface area contributed by atoms with E-state index in [1.165, 1.54) is 10.4 Å². The van der Waals surface area contributed by atoms with Crippen molar-refractivity contribution in [1.29, 1.82) is 0 Å². The summed E-state index contributed by atoms with van der Waals surface area (Å²) < 4.78 is 14.3. The maximum absolute atomic E-state index is 9.29. The van der Waals surface area contributed by atoms with E-state index < -0.39 is 16.6 Å². The SMILES string of the molecule is CC[Si](CC)(CC)O[C@H](C/C=C/CO)C[C@@H](C)O[Si](c1ccccc1)(c1ccccc1)C(C)(C)C. The fourth-order valence-corrected chi connectivity index (χ4v) is 12.9. The van der Waals surface area contributed by atoms with Gasteiger partial charge in [-0.05, 0) is 53.3 Å². The molecule has 35 heavy (non-hydrogen) atoms. The van der Waals surface area contributed by atoms with E-state index in [0.717, 1.165) is 31.0 Å². The quantitative estimate of drug-likeness (QED) is 0.227. The second-order valence-electron chi connectivity index (χ2n) is 10.7. The van der Waals surface area contributed by atoms with Crippen molar-refractivity contribution in [2.45, 2.75) is 96.7 Å². The highest BCUT2D eigenvalue weighted by atomic mass is 28.4. The molecule has 2 atom stereocenters. The van der Waals surface area contributed by atoms with E-state index in [1.54, 1.807) is 0 Å². The molecule has 0 aromatic heterocycles. The Hall–Kier alpha value is -1.51. The van der Waals surface area contributed by atoms with Gasteiger partial charge in [-0.1, -0.05) is 114 Å². The van der Waals surface area contributed by atoms with Crippen LogP contribution < -0.4 is 10.4 Å². The van der Waals surface area contributed by atoms with Gasteiger partial charge in [0.1, 0.15) is 0 Å². The third-order valence-electron chi connectivity index (χ3n) is 7.41. The minimum Gasteiger partial charge on any atom is -0.414 e. The summed E-state index contributed by atoms with van der Waals surface area (Å²) in [6.45, 7) is 16.1. The minimum absolute atomic E-state index is 0.0334. The fraction of sp³-hybridized carbons (Fsp3) is 0.533. The smallest absolute Gasteiger partial charge is 0.261 e. The first kappa shape index (κ1) is 29.7. The molecule has 0 saturated heterocycles. The Kier molecular flexibility index (Phi) is 11.6. The lowest BCUT2D eigenvalue weighted by molar-refractivity contribution is 0.108. The molecule has 0 bridgehead atoms. The summed E-state index contributed by atoms with van der Waals surface area (Å²) in [4.78, 5) is 0. The van der Waals surface area contributed by atoms with E-state index in [-0.39, 0.29) is 23.9 Å². The van der Waals surface area contributed by atoms with Crippen molar-refractivity contribution in [1.82, 2.24) is 0 Å². The van der Waals surface area contributed by atoms with Gasteiger partial charge in [-0.15, -0.1) is 0 Å². The van der Waals surface area contributed by atoms with E-state index in [1.807, 2.05) is 6.08 Å². The van der Waals surface area contributed by atoms with Gasteiger partial charge in [0.05, 0.1) is 12.7 Å². The highest BCUT2D eigenvalue weighted by Crippen LogP contribution is 2.38. The summed E-state index contributed by atoms with van der Waals surface area (Å²) in [5.41, 5.74) is 0. The lowest BCUT2D eigenvalue weighted by Gasteiger charge is -2.45. The molecule has 0 heterocycles. The zero-order valence-electron chi connectivity index (χ0n) is 23.1. The van der Waals surface area contributed by atoms with Gasteiger partial charge in [0.15, 0.2) is 8.32 Å². The number of hydrogen-bond donors (Lipinski definition) is 1. The number of aliphatic hydroxyl groups excluding tert-OH is 1. The van der Waals surface area contributed by atoms with Gasteiger partial charge < -0.3 is 14.0 Å². The molecular weight excluding hydrogens is 464 g/mol. The molecule has 0 spiro atoms. The molecule has 3 nitrogen and oxygen atoms in total. The normalized spacial score (nSPS) is 14.9. The maximum atomic E-state index is 9.29. The molecule has 5 heteroatoms. The molecule has 0 fully saturated rings. The lowest BCUT2D eigenvalue weighted by atomic mass is 10.1. The van der Waals surface area contributed by atoms with Crippen molar-refractivity contribution >= 4 is 27.0 Å². The van der Waals surface area contributed by atoms with E-state index in [2.05, 4.69) is 115 Å².